The molecule has 2 amide bonds. The Morgan fingerprint density at radius 2 is 2.11 bits per heavy atom. The lowest BCUT2D eigenvalue weighted by molar-refractivity contribution is 0.209. The van der Waals surface area contributed by atoms with Crippen molar-refractivity contribution in [2.24, 2.45) is 0 Å². The third-order valence-electron chi connectivity index (χ3n) is 3.01. The fourth-order valence-corrected chi connectivity index (χ4v) is 3.67. The molecule has 1 aromatic heterocycles. The van der Waals surface area contributed by atoms with E-state index in [0.717, 1.165) is 0 Å². The van der Waals surface area contributed by atoms with Crippen LogP contribution in [0.3, 0.4) is 0 Å². The maximum absolute atomic E-state index is 11.9. The summed E-state index contributed by atoms with van der Waals surface area (Å²) in [5, 5.41) is 2.70. The Hall–Kier alpha value is -1.63. The van der Waals surface area contributed by atoms with Crippen molar-refractivity contribution in [2.75, 3.05) is 23.9 Å². The highest BCUT2D eigenvalue weighted by Gasteiger charge is 2.32. The van der Waals surface area contributed by atoms with E-state index in [1.165, 1.54) is 4.90 Å². The Morgan fingerprint density at radius 3 is 2.67 bits per heavy atom. The Balaban J connectivity index is 1.98. The van der Waals surface area contributed by atoms with Gasteiger partial charge in [-0.2, -0.15) is 0 Å². The second kappa shape index (κ2) is 4.93. The lowest BCUT2D eigenvalue weighted by Gasteiger charge is -2.23. The molecule has 2 heterocycles. The minimum atomic E-state index is -2.98. The van der Waals surface area contributed by atoms with Crippen LogP contribution in [0.5, 0.6) is 0 Å². The van der Waals surface area contributed by atoms with Crippen LogP contribution >= 0.6 is 0 Å². The van der Waals surface area contributed by atoms with Gasteiger partial charge in [0.2, 0.25) is 0 Å². The molecule has 1 N–H and O–H groups in total. The van der Waals surface area contributed by atoms with Gasteiger partial charge in [-0.1, -0.05) is 0 Å². The van der Waals surface area contributed by atoms with Crippen molar-refractivity contribution in [2.45, 2.75) is 12.5 Å². The Kier molecular flexibility index (Phi) is 3.51. The summed E-state index contributed by atoms with van der Waals surface area (Å²) in [6, 6.07) is 2.81. The molecule has 18 heavy (non-hydrogen) atoms. The molecule has 1 unspecified atom stereocenters. The molecule has 7 heteroatoms. The second-order valence-corrected chi connectivity index (χ2v) is 6.56. The molecular weight excluding hydrogens is 254 g/mol. The van der Waals surface area contributed by atoms with Crippen molar-refractivity contribution in [3.63, 3.8) is 0 Å². The van der Waals surface area contributed by atoms with Gasteiger partial charge in [-0.3, -0.25) is 4.98 Å². The number of rotatable bonds is 2. The van der Waals surface area contributed by atoms with Gasteiger partial charge >= 0.3 is 6.03 Å². The van der Waals surface area contributed by atoms with Crippen LogP contribution in [0.1, 0.15) is 6.42 Å². The lowest BCUT2D eigenvalue weighted by Crippen LogP contribution is -2.40. The van der Waals surface area contributed by atoms with Gasteiger partial charge in [0.15, 0.2) is 9.84 Å². The number of nitrogens with zero attached hydrogens (tertiary/aromatic N) is 2. The molecule has 0 aromatic carbocycles. The smallest absolute Gasteiger partial charge is 0.321 e. The maximum atomic E-state index is 11.9. The van der Waals surface area contributed by atoms with E-state index < -0.39 is 9.84 Å². The van der Waals surface area contributed by atoms with Crippen LogP contribution in [-0.2, 0) is 9.84 Å². The normalized spacial score (nSPS) is 21.5. The van der Waals surface area contributed by atoms with Gasteiger partial charge in [0.25, 0.3) is 0 Å². The van der Waals surface area contributed by atoms with Gasteiger partial charge in [-0.05, 0) is 18.6 Å². The third-order valence-corrected chi connectivity index (χ3v) is 4.76. The van der Waals surface area contributed by atoms with E-state index in [1.54, 1.807) is 31.6 Å². The van der Waals surface area contributed by atoms with Gasteiger partial charge in [-0.25, -0.2) is 13.2 Å². The van der Waals surface area contributed by atoms with Crippen LogP contribution in [0.4, 0.5) is 10.5 Å². The molecule has 2 rings (SSSR count). The summed E-state index contributed by atoms with van der Waals surface area (Å²) in [7, 11) is -1.37. The van der Waals surface area contributed by atoms with Crippen molar-refractivity contribution in [1.82, 2.24) is 9.88 Å². The van der Waals surface area contributed by atoms with E-state index in [4.69, 9.17) is 0 Å². The molecule has 98 valence electrons. The monoisotopic (exact) mass is 269 g/mol. The van der Waals surface area contributed by atoms with E-state index in [1.807, 2.05) is 0 Å². The van der Waals surface area contributed by atoms with Crippen LogP contribution < -0.4 is 5.32 Å². The van der Waals surface area contributed by atoms with E-state index in [9.17, 15) is 13.2 Å². The highest BCUT2D eigenvalue weighted by molar-refractivity contribution is 7.91. The Bertz CT molecular complexity index is 530. The number of urea groups is 1. The van der Waals surface area contributed by atoms with Crippen LogP contribution in [0.25, 0.3) is 0 Å². The zero-order valence-electron chi connectivity index (χ0n) is 10.0. The molecule has 1 saturated heterocycles. The number of carbonyl (C=O) groups excluding carboxylic acids is 1. The number of pyridine rings is 1. The van der Waals surface area contributed by atoms with E-state index >= 15 is 0 Å². The fraction of sp³-hybridized carbons (Fsp3) is 0.455. The fourth-order valence-electron chi connectivity index (χ4n) is 1.89. The first-order valence-electron chi connectivity index (χ1n) is 5.62. The molecule has 0 spiro atoms. The van der Waals surface area contributed by atoms with Crippen molar-refractivity contribution < 1.29 is 13.2 Å². The quantitative estimate of drug-likeness (QED) is 0.858. The number of hydrogen-bond donors (Lipinski definition) is 1. The largest absolute Gasteiger partial charge is 0.324 e. The summed E-state index contributed by atoms with van der Waals surface area (Å²) in [5.41, 5.74) is 0.641. The molecule has 1 aliphatic heterocycles. The molecule has 0 bridgehead atoms. The highest BCUT2D eigenvalue weighted by atomic mass is 32.2. The number of carbonyl (C=O) groups is 1. The summed E-state index contributed by atoms with van der Waals surface area (Å²) in [4.78, 5) is 17.2. The van der Waals surface area contributed by atoms with Gasteiger partial charge in [0.05, 0.1) is 11.5 Å². The number of hydrogen-bond acceptors (Lipinski definition) is 4. The van der Waals surface area contributed by atoms with Crippen molar-refractivity contribution in [1.29, 1.82) is 0 Å². The summed E-state index contributed by atoms with van der Waals surface area (Å²) >= 11 is 0. The summed E-state index contributed by atoms with van der Waals surface area (Å²) < 4.78 is 22.7. The molecule has 0 aliphatic carbocycles. The molecule has 6 nitrogen and oxygen atoms in total. The molecule has 1 aromatic rings. The molecule has 0 saturated carbocycles. The minimum Gasteiger partial charge on any atom is -0.324 e. The van der Waals surface area contributed by atoms with Gasteiger partial charge < -0.3 is 10.2 Å². The van der Waals surface area contributed by atoms with E-state index in [-0.39, 0.29) is 23.6 Å². The maximum Gasteiger partial charge on any atom is 0.321 e. The third kappa shape index (κ3) is 2.98. The van der Waals surface area contributed by atoms with Crippen LogP contribution in [0, 0.1) is 0 Å². The summed E-state index contributed by atoms with van der Waals surface area (Å²) in [6.45, 7) is 0. The predicted octanol–water partition coefficient (Wildman–Crippen LogP) is 0.732. The van der Waals surface area contributed by atoms with Crippen molar-refractivity contribution in [3.05, 3.63) is 24.5 Å². The number of sulfone groups is 1. The highest BCUT2D eigenvalue weighted by Crippen LogP contribution is 2.17. The van der Waals surface area contributed by atoms with Crippen LogP contribution in [0.2, 0.25) is 0 Å². The van der Waals surface area contributed by atoms with E-state index in [2.05, 4.69) is 10.3 Å². The number of amides is 2. The van der Waals surface area contributed by atoms with Crippen LogP contribution in [0.15, 0.2) is 24.5 Å². The van der Waals surface area contributed by atoms with Gasteiger partial charge in [-0.15, -0.1) is 0 Å². The first kappa shape index (κ1) is 12.8. The summed E-state index contributed by atoms with van der Waals surface area (Å²) in [5.74, 6) is 0.206. The average molecular weight is 269 g/mol. The topological polar surface area (TPSA) is 79.4 Å². The first-order chi connectivity index (χ1) is 8.48. The molecule has 1 aliphatic rings. The van der Waals surface area contributed by atoms with Gasteiger partial charge in [0.1, 0.15) is 0 Å². The Morgan fingerprint density at radius 1 is 1.44 bits per heavy atom. The van der Waals surface area contributed by atoms with Crippen molar-refractivity contribution in [3.8, 4) is 0 Å². The number of aromatic nitrogens is 1. The number of nitrogens with one attached hydrogen (secondary N) is 1. The zero-order chi connectivity index (χ0) is 13.2. The summed E-state index contributed by atoms with van der Waals surface area (Å²) in [6.07, 6.45) is 3.66. The SMILES string of the molecule is CN(C(=O)Nc1ccncc1)C1CCS(=O)(=O)C1. The van der Waals surface area contributed by atoms with E-state index in [0.29, 0.717) is 12.1 Å². The predicted molar refractivity (Wildman–Crippen MR) is 68.1 cm³/mol. The first-order valence-corrected chi connectivity index (χ1v) is 7.44. The standard InChI is InChI=1S/C11H15N3O3S/c1-14(10-4-7-18(16,17)8-10)11(15)13-9-2-5-12-6-3-9/h2-3,5-6,10H,4,7-8H2,1H3,(H,12,13,15). The van der Waals surface area contributed by atoms with Crippen LogP contribution in [-0.4, -0.2) is 48.9 Å². The minimum absolute atomic E-state index is 0.0489. The number of anilines is 1. The lowest BCUT2D eigenvalue weighted by atomic mass is 10.2. The molecule has 1 atom stereocenters. The average Bonchev–Trinajstić information content (AvgIpc) is 2.70. The van der Waals surface area contributed by atoms with Gasteiger partial charge in [0, 0.05) is 31.2 Å². The second-order valence-electron chi connectivity index (χ2n) is 4.33. The molecule has 0 radical (unpaired) electrons. The van der Waals surface area contributed by atoms with Crippen molar-refractivity contribution >= 4 is 21.6 Å². The molecular formula is C11H15N3O3S. The Labute approximate surface area is 106 Å². The zero-order valence-corrected chi connectivity index (χ0v) is 10.9. The molecule has 1 fully saturated rings.